The molecule has 0 saturated carbocycles. The SMILES string of the molecule is CCC(C)C(N)C(=O)NCC(O)c1ccc(F)cc1.Cl. The highest BCUT2D eigenvalue weighted by Crippen LogP contribution is 2.12. The Kier molecular flexibility index (Phi) is 8.37. The monoisotopic (exact) mass is 304 g/mol. The Morgan fingerprint density at radius 2 is 1.95 bits per heavy atom. The molecule has 0 aliphatic heterocycles. The standard InChI is InChI=1S/C14H21FN2O2.ClH/c1-3-9(2)13(16)14(19)17-8-12(18)10-4-6-11(15)7-5-10;/h4-7,9,12-13,18H,3,8,16H2,1-2H3,(H,17,19);1H. The number of hydrogen-bond donors (Lipinski definition) is 3. The van der Waals surface area contributed by atoms with Crippen LogP contribution in [0.2, 0.25) is 0 Å². The van der Waals surface area contributed by atoms with E-state index in [2.05, 4.69) is 5.32 Å². The van der Waals surface area contributed by atoms with Crippen LogP contribution in [-0.4, -0.2) is 23.6 Å². The van der Waals surface area contributed by atoms with E-state index in [1.807, 2.05) is 13.8 Å². The van der Waals surface area contributed by atoms with Crippen LogP contribution >= 0.6 is 12.4 Å². The largest absolute Gasteiger partial charge is 0.387 e. The third-order valence-corrected chi connectivity index (χ3v) is 3.28. The second kappa shape index (κ2) is 8.89. The molecule has 4 N–H and O–H groups in total. The summed E-state index contributed by atoms with van der Waals surface area (Å²) in [6, 6.07) is 4.93. The molecule has 6 heteroatoms. The maximum absolute atomic E-state index is 12.7. The van der Waals surface area contributed by atoms with E-state index in [0.717, 1.165) is 6.42 Å². The van der Waals surface area contributed by atoms with E-state index in [9.17, 15) is 14.3 Å². The molecule has 1 aromatic carbocycles. The zero-order chi connectivity index (χ0) is 14.4. The van der Waals surface area contributed by atoms with Gasteiger partial charge in [0, 0.05) is 6.54 Å². The average Bonchev–Trinajstić information content (AvgIpc) is 2.43. The Balaban J connectivity index is 0.00000361. The van der Waals surface area contributed by atoms with Crippen LogP contribution in [0.25, 0.3) is 0 Å². The summed E-state index contributed by atoms with van der Waals surface area (Å²) in [4.78, 5) is 11.7. The zero-order valence-electron chi connectivity index (χ0n) is 11.7. The first-order chi connectivity index (χ1) is 8.95. The summed E-state index contributed by atoms with van der Waals surface area (Å²) < 4.78 is 12.7. The van der Waals surface area contributed by atoms with E-state index < -0.39 is 12.1 Å². The number of amides is 1. The summed E-state index contributed by atoms with van der Waals surface area (Å²) in [6.45, 7) is 3.93. The number of benzene rings is 1. The first kappa shape index (κ1) is 18.8. The van der Waals surface area contributed by atoms with Crippen molar-refractivity contribution in [3.8, 4) is 0 Å². The van der Waals surface area contributed by atoms with Crippen LogP contribution in [0.3, 0.4) is 0 Å². The number of carbonyl (C=O) groups is 1. The minimum absolute atomic E-state index is 0. The molecule has 0 aliphatic carbocycles. The first-order valence-corrected chi connectivity index (χ1v) is 6.42. The number of nitrogens with two attached hydrogens (primary N) is 1. The number of aliphatic hydroxyl groups is 1. The molecule has 1 rings (SSSR count). The van der Waals surface area contributed by atoms with Crippen molar-refractivity contribution in [1.82, 2.24) is 5.32 Å². The smallest absolute Gasteiger partial charge is 0.237 e. The van der Waals surface area contributed by atoms with Crippen LogP contribution in [0.5, 0.6) is 0 Å². The maximum atomic E-state index is 12.7. The second-order valence-corrected chi connectivity index (χ2v) is 4.72. The molecule has 0 heterocycles. The van der Waals surface area contributed by atoms with Crippen molar-refractivity contribution in [1.29, 1.82) is 0 Å². The van der Waals surface area contributed by atoms with Gasteiger partial charge in [-0.3, -0.25) is 4.79 Å². The van der Waals surface area contributed by atoms with Crippen molar-refractivity contribution in [3.05, 3.63) is 35.6 Å². The number of rotatable bonds is 6. The van der Waals surface area contributed by atoms with Gasteiger partial charge >= 0.3 is 0 Å². The molecule has 4 nitrogen and oxygen atoms in total. The lowest BCUT2D eigenvalue weighted by Gasteiger charge is -2.19. The maximum Gasteiger partial charge on any atom is 0.237 e. The average molecular weight is 305 g/mol. The van der Waals surface area contributed by atoms with E-state index >= 15 is 0 Å². The summed E-state index contributed by atoms with van der Waals surface area (Å²) in [7, 11) is 0. The molecule has 3 unspecified atom stereocenters. The Hall–Kier alpha value is -1.17. The molecule has 114 valence electrons. The summed E-state index contributed by atoms with van der Waals surface area (Å²) in [6.07, 6.45) is -0.0524. The molecule has 0 spiro atoms. The fourth-order valence-electron chi connectivity index (χ4n) is 1.63. The van der Waals surface area contributed by atoms with E-state index in [1.165, 1.54) is 24.3 Å². The van der Waals surface area contributed by atoms with E-state index in [0.29, 0.717) is 5.56 Å². The van der Waals surface area contributed by atoms with E-state index in [1.54, 1.807) is 0 Å². The van der Waals surface area contributed by atoms with Crippen LogP contribution < -0.4 is 11.1 Å². The molecule has 0 aliphatic rings. The van der Waals surface area contributed by atoms with Gasteiger partial charge in [0.1, 0.15) is 5.82 Å². The highest BCUT2D eigenvalue weighted by Gasteiger charge is 2.20. The first-order valence-electron chi connectivity index (χ1n) is 6.42. The fourth-order valence-corrected chi connectivity index (χ4v) is 1.63. The predicted molar refractivity (Wildman–Crippen MR) is 79.0 cm³/mol. The minimum atomic E-state index is -0.867. The van der Waals surface area contributed by atoms with E-state index in [4.69, 9.17) is 5.73 Å². The van der Waals surface area contributed by atoms with Gasteiger partial charge in [0.05, 0.1) is 12.1 Å². The van der Waals surface area contributed by atoms with Crippen molar-refractivity contribution in [2.24, 2.45) is 11.7 Å². The lowest BCUT2D eigenvalue weighted by atomic mass is 9.99. The van der Waals surface area contributed by atoms with Crippen LogP contribution in [0.1, 0.15) is 31.9 Å². The molecule has 0 aromatic heterocycles. The van der Waals surface area contributed by atoms with Crippen molar-refractivity contribution in [3.63, 3.8) is 0 Å². The Morgan fingerprint density at radius 1 is 1.40 bits per heavy atom. The Bertz CT molecular complexity index is 414. The molecular formula is C14H22ClFN2O2. The van der Waals surface area contributed by atoms with Gasteiger partial charge < -0.3 is 16.2 Å². The topological polar surface area (TPSA) is 75.4 Å². The highest BCUT2D eigenvalue weighted by molar-refractivity contribution is 5.85. The van der Waals surface area contributed by atoms with Crippen LogP contribution in [0.15, 0.2) is 24.3 Å². The normalized spacial score (nSPS) is 14.8. The predicted octanol–water partition coefficient (Wildman–Crippen LogP) is 1.77. The molecule has 0 fully saturated rings. The summed E-state index contributed by atoms with van der Waals surface area (Å²) in [5.41, 5.74) is 6.33. The van der Waals surface area contributed by atoms with E-state index in [-0.39, 0.29) is 36.6 Å². The van der Waals surface area contributed by atoms with Gasteiger partial charge in [-0.1, -0.05) is 32.4 Å². The number of carbonyl (C=O) groups excluding carboxylic acids is 1. The molecule has 3 atom stereocenters. The van der Waals surface area contributed by atoms with Gasteiger partial charge in [-0.05, 0) is 23.6 Å². The third-order valence-electron chi connectivity index (χ3n) is 3.28. The zero-order valence-corrected chi connectivity index (χ0v) is 12.5. The lowest BCUT2D eigenvalue weighted by Crippen LogP contribution is -2.45. The van der Waals surface area contributed by atoms with Gasteiger partial charge in [-0.25, -0.2) is 4.39 Å². The summed E-state index contributed by atoms with van der Waals surface area (Å²) in [5, 5.41) is 12.5. The second-order valence-electron chi connectivity index (χ2n) is 4.72. The molecule has 1 aromatic rings. The number of hydrogen-bond acceptors (Lipinski definition) is 3. The Labute approximate surface area is 125 Å². The van der Waals surface area contributed by atoms with Crippen LogP contribution in [0, 0.1) is 11.7 Å². The summed E-state index contributed by atoms with van der Waals surface area (Å²) >= 11 is 0. The van der Waals surface area contributed by atoms with Gasteiger partial charge in [-0.15, -0.1) is 12.4 Å². The Morgan fingerprint density at radius 3 is 2.45 bits per heavy atom. The van der Waals surface area contributed by atoms with Crippen molar-refractivity contribution < 1.29 is 14.3 Å². The van der Waals surface area contributed by atoms with Crippen molar-refractivity contribution in [2.75, 3.05) is 6.54 Å². The molecule has 1 amide bonds. The van der Waals surface area contributed by atoms with Crippen LogP contribution in [-0.2, 0) is 4.79 Å². The third kappa shape index (κ3) is 5.45. The van der Waals surface area contributed by atoms with Crippen molar-refractivity contribution in [2.45, 2.75) is 32.4 Å². The minimum Gasteiger partial charge on any atom is -0.387 e. The number of halogens is 2. The number of nitrogens with one attached hydrogen (secondary N) is 1. The van der Waals surface area contributed by atoms with Gasteiger partial charge in [0.2, 0.25) is 5.91 Å². The quantitative estimate of drug-likeness (QED) is 0.750. The molecule has 0 saturated heterocycles. The van der Waals surface area contributed by atoms with Crippen LogP contribution in [0.4, 0.5) is 4.39 Å². The van der Waals surface area contributed by atoms with Gasteiger partial charge in [0.25, 0.3) is 0 Å². The van der Waals surface area contributed by atoms with Gasteiger partial charge in [0.15, 0.2) is 0 Å². The highest BCUT2D eigenvalue weighted by atomic mass is 35.5. The van der Waals surface area contributed by atoms with Crippen molar-refractivity contribution >= 4 is 18.3 Å². The summed E-state index contributed by atoms with van der Waals surface area (Å²) in [5.74, 6) is -0.558. The number of aliphatic hydroxyl groups excluding tert-OH is 1. The lowest BCUT2D eigenvalue weighted by molar-refractivity contribution is -0.123. The molecular weight excluding hydrogens is 283 g/mol. The molecule has 0 bridgehead atoms. The van der Waals surface area contributed by atoms with Gasteiger partial charge in [-0.2, -0.15) is 0 Å². The fraction of sp³-hybridized carbons (Fsp3) is 0.500. The molecule has 20 heavy (non-hydrogen) atoms. The molecule has 0 radical (unpaired) electrons.